The second kappa shape index (κ2) is 5.79. The largest absolute Gasteiger partial charge is 0.463 e. The molecule has 106 valence electrons. The molecule has 0 fully saturated rings. The van der Waals surface area contributed by atoms with Gasteiger partial charge in [-0.05, 0) is 18.2 Å². The summed E-state index contributed by atoms with van der Waals surface area (Å²) >= 11 is 0. The van der Waals surface area contributed by atoms with E-state index in [1.54, 1.807) is 0 Å². The molecule has 0 N–H and O–H groups in total. The Hall–Kier alpha value is -2.28. The van der Waals surface area contributed by atoms with E-state index in [0.29, 0.717) is 0 Å². The number of carbonyl (C=O) groups excluding carboxylic acids is 1. The van der Waals surface area contributed by atoms with Crippen molar-refractivity contribution < 1.29 is 27.5 Å². The van der Waals surface area contributed by atoms with Crippen molar-refractivity contribution in [3.8, 4) is 11.5 Å². The zero-order chi connectivity index (χ0) is 14.7. The second-order valence-electron chi connectivity index (χ2n) is 3.84. The van der Waals surface area contributed by atoms with E-state index in [-0.39, 0.29) is 29.5 Å². The fraction of sp³-hybridized carbons (Fsp3) is 0.231. The standard InChI is InChI=1S/C13H11F2NO4/c1-18-6-10-11(13(17)19-2)20-12(16-10)8-5-7(14)3-4-9(8)15/h3-5H,6H2,1-2H3. The van der Waals surface area contributed by atoms with Crippen molar-refractivity contribution in [2.24, 2.45) is 0 Å². The van der Waals surface area contributed by atoms with Crippen molar-refractivity contribution in [2.45, 2.75) is 6.61 Å². The van der Waals surface area contributed by atoms with E-state index in [4.69, 9.17) is 9.15 Å². The monoisotopic (exact) mass is 283 g/mol. The van der Waals surface area contributed by atoms with Crippen LogP contribution in [0.3, 0.4) is 0 Å². The van der Waals surface area contributed by atoms with Gasteiger partial charge in [-0.3, -0.25) is 0 Å². The molecular formula is C13H11F2NO4. The van der Waals surface area contributed by atoms with Gasteiger partial charge in [-0.2, -0.15) is 0 Å². The third-order valence-corrected chi connectivity index (χ3v) is 2.51. The Kier molecular flexibility index (Phi) is 4.09. The number of carbonyl (C=O) groups is 1. The Morgan fingerprint density at radius 2 is 2.10 bits per heavy atom. The fourth-order valence-electron chi connectivity index (χ4n) is 1.62. The van der Waals surface area contributed by atoms with Crippen LogP contribution in [0.25, 0.3) is 11.5 Å². The highest BCUT2D eigenvalue weighted by Gasteiger charge is 2.23. The zero-order valence-electron chi connectivity index (χ0n) is 10.8. The lowest BCUT2D eigenvalue weighted by molar-refractivity contribution is 0.0559. The molecule has 1 aromatic heterocycles. The van der Waals surface area contributed by atoms with Crippen LogP contribution in [0.2, 0.25) is 0 Å². The van der Waals surface area contributed by atoms with E-state index in [1.165, 1.54) is 14.2 Å². The van der Waals surface area contributed by atoms with E-state index in [9.17, 15) is 13.6 Å². The molecule has 0 aliphatic carbocycles. The van der Waals surface area contributed by atoms with Crippen LogP contribution in [0, 0.1) is 11.6 Å². The van der Waals surface area contributed by atoms with Crippen molar-refractivity contribution in [3.05, 3.63) is 41.3 Å². The number of oxazole rings is 1. The average molecular weight is 283 g/mol. The number of hydrogen-bond donors (Lipinski definition) is 0. The summed E-state index contributed by atoms with van der Waals surface area (Å²) in [6, 6.07) is 2.85. The molecule has 1 heterocycles. The molecule has 0 bridgehead atoms. The SMILES string of the molecule is COCc1nc(-c2cc(F)ccc2F)oc1C(=O)OC. The van der Waals surface area contributed by atoms with Gasteiger partial charge in [0.25, 0.3) is 0 Å². The van der Waals surface area contributed by atoms with Gasteiger partial charge in [0.15, 0.2) is 0 Å². The fourth-order valence-corrected chi connectivity index (χ4v) is 1.62. The molecule has 0 aliphatic heterocycles. The third kappa shape index (κ3) is 2.67. The van der Waals surface area contributed by atoms with Crippen LogP contribution in [0.15, 0.2) is 22.6 Å². The molecular weight excluding hydrogens is 272 g/mol. The van der Waals surface area contributed by atoms with Gasteiger partial charge in [0.05, 0.1) is 19.3 Å². The minimum atomic E-state index is -0.771. The second-order valence-corrected chi connectivity index (χ2v) is 3.84. The van der Waals surface area contributed by atoms with Crippen LogP contribution in [0.1, 0.15) is 16.2 Å². The molecule has 0 aliphatic rings. The van der Waals surface area contributed by atoms with Crippen LogP contribution in [-0.4, -0.2) is 25.2 Å². The van der Waals surface area contributed by atoms with Gasteiger partial charge in [-0.1, -0.05) is 0 Å². The summed E-state index contributed by atoms with van der Waals surface area (Å²) in [5, 5.41) is 0. The summed E-state index contributed by atoms with van der Waals surface area (Å²) in [4.78, 5) is 15.5. The van der Waals surface area contributed by atoms with Crippen molar-refractivity contribution in [1.82, 2.24) is 4.98 Å². The van der Waals surface area contributed by atoms with Crippen molar-refractivity contribution >= 4 is 5.97 Å². The van der Waals surface area contributed by atoms with E-state index in [0.717, 1.165) is 18.2 Å². The highest BCUT2D eigenvalue weighted by molar-refractivity contribution is 5.87. The zero-order valence-corrected chi connectivity index (χ0v) is 10.8. The van der Waals surface area contributed by atoms with Crippen molar-refractivity contribution in [3.63, 3.8) is 0 Å². The first kappa shape index (κ1) is 14.1. The lowest BCUT2D eigenvalue weighted by Gasteiger charge is -1.98. The highest BCUT2D eigenvalue weighted by Crippen LogP contribution is 2.26. The molecule has 0 radical (unpaired) electrons. The van der Waals surface area contributed by atoms with Gasteiger partial charge in [0.1, 0.15) is 17.3 Å². The summed E-state index contributed by atoms with van der Waals surface area (Å²) in [7, 11) is 2.57. The smallest absolute Gasteiger partial charge is 0.376 e. The predicted octanol–water partition coefficient (Wildman–Crippen LogP) is 2.55. The Balaban J connectivity index is 2.52. The normalized spacial score (nSPS) is 10.6. The lowest BCUT2D eigenvalue weighted by atomic mass is 10.2. The predicted molar refractivity (Wildman–Crippen MR) is 63.9 cm³/mol. The number of aromatic nitrogens is 1. The van der Waals surface area contributed by atoms with Gasteiger partial charge in [-0.15, -0.1) is 0 Å². The molecule has 0 saturated heterocycles. The number of methoxy groups -OCH3 is 2. The maximum Gasteiger partial charge on any atom is 0.376 e. The van der Waals surface area contributed by atoms with Crippen LogP contribution >= 0.6 is 0 Å². The number of hydrogen-bond acceptors (Lipinski definition) is 5. The molecule has 2 aromatic rings. The van der Waals surface area contributed by atoms with Gasteiger partial charge in [-0.25, -0.2) is 18.6 Å². The van der Waals surface area contributed by atoms with Crippen molar-refractivity contribution in [2.75, 3.05) is 14.2 Å². The molecule has 0 spiro atoms. The number of esters is 1. The molecule has 1 aromatic carbocycles. The Bertz CT molecular complexity index is 639. The lowest BCUT2D eigenvalue weighted by Crippen LogP contribution is -2.04. The molecule has 0 unspecified atom stereocenters. The molecule has 0 atom stereocenters. The minimum absolute atomic E-state index is 0.0229. The first-order chi connectivity index (χ1) is 9.56. The first-order valence-corrected chi connectivity index (χ1v) is 5.59. The quantitative estimate of drug-likeness (QED) is 0.807. The number of benzene rings is 1. The average Bonchev–Trinajstić information content (AvgIpc) is 2.85. The topological polar surface area (TPSA) is 61.6 Å². The molecule has 7 heteroatoms. The van der Waals surface area contributed by atoms with Gasteiger partial charge >= 0.3 is 5.97 Å². The Morgan fingerprint density at radius 3 is 2.75 bits per heavy atom. The maximum atomic E-state index is 13.7. The molecule has 5 nitrogen and oxygen atoms in total. The summed E-state index contributed by atoms with van der Waals surface area (Å²) < 4.78 is 41.4. The van der Waals surface area contributed by atoms with E-state index in [1.807, 2.05) is 0 Å². The van der Waals surface area contributed by atoms with Crippen LogP contribution < -0.4 is 0 Å². The summed E-state index contributed by atoms with van der Waals surface area (Å²) in [5.74, 6) is -2.55. The molecule has 20 heavy (non-hydrogen) atoms. The van der Waals surface area contributed by atoms with E-state index < -0.39 is 17.6 Å². The van der Waals surface area contributed by atoms with Crippen LogP contribution in [-0.2, 0) is 16.1 Å². The van der Waals surface area contributed by atoms with Gasteiger partial charge < -0.3 is 13.9 Å². The minimum Gasteiger partial charge on any atom is -0.463 e. The van der Waals surface area contributed by atoms with Gasteiger partial charge in [0, 0.05) is 7.11 Å². The van der Waals surface area contributed by atoms with E-state index in [2.05, 4.69) is 9.72 Å². The molecule has 0 saturated carbocycles. The van der Waals surface area contributed by atoms with Gasteiger partial charge in [0.2, 0.25) is 11.7 Å². The number of halogens is 2. The molecule has 0 amide bonds. The number of ether oxygens (including phenoxy) is 2. The Morgan fingerprint density at radius 1 is 1.35 bits per heavy atom. The Labute approximate surface area is 113 Å². The first-order valence-electron chi connectivity index (χ1n) is 5.59. The third-order valence-electron chi connectivity index (χ3n) is 2.51. The number of rotatable bonds is 4. The van der Waals surface area contributed by atoms with E-state index >= 15 is 0 Å². The van der Waals surface area contributed by atoms with Crippen LogP contribution in [0.4, 0.5) is 8.78 Å². The number of nitrogens with zero attached hydrogens (tertiary/aromatic N) is 1. The van der Waals surface area contributed by atoms with Crippen LogP contribution in [0.5, 0.6) is 0 Å². The summed E-state index contributed by atoms with van der Waals surface area (Å²) in [5.41, 5.74) is -0.0319. The summed E-state index contributed by atoms with van der Waals surface area (Å²) in [6.07, 6.45) is 0. The highest BCUT2D eigenvalue weighted by atomic mass is 19.1. The molecule has 2 rings (SSSR count). The maximum absolute atomic E-state index is 13.7. The van der Waals surface area contributed by atoms with Crippen molar-refractivity contribution in [1.29, 1.82) is 0 Å². The summed E-state index contributed by atoms with van der Waals surface area (Å²) in [6.45, 7) is -0.0229.